The Morgan fingerprint density at radius 3 is 2.58 bits per heavy atom. The van der Waals surface area contributed by atoms with Crippen LogP contribution >= 0.6 is 11.6 Å². The second-order valence-corrected chi connectivity index (χ2v) is 8.94. The third kappa shape index (κ3) is 4.43. The first kappa shape index (κ1) is 22.1. The van der Waals surface area contributed by atoms with Gasteiger partial charge in [-0.2, -0.15) is 0 Å². The highest BCUT2D eigenvalue weighted by Crippen LogP contribution is 2.45. The summed E-state index contributed by atoms with van der Waals surface area (Å²) in [5, 5.41) is 4.03. The monoisotopic (exact) mass is 439 g/mol. The Labute approximate surface area is 189 Å². The van der Waals surface area contributed by atoms with E-state index < -0.39 is 0 Å². The molecule has 0 radical (unpaired) electrons. The maximum absolute atomic E-state index is 13.1. The average molecular weight is 440 g/mol. The molecule has 0 unspecified atom stereocenters. The molecule has 0 bridgehead atoms. The predicted molar refractivity (Wildman–Crippen MR) is 125 cm³/mol. The van der Waals surface area contributed by atoms with Crippen molar-refractivity contribution in [3.05, 3.63) is 64.2 Å². The molecule has 31 heavy (non-hydrogen) atoms. The second kappa shape index (κ2) is 9.15. The number of nitrogens with one attached hydrogen (secondary N) is 1. The van der Waals surface area contributed by atoms with Crippen molar-refractivity contribution < 1.29 is 14.3 Å². The number of hydrogen-bond donors (Lipinski definition) is 1. The number of halogens is 1. The number of benzene rings is 2. The van der Waals surface area contributed by atoms with Crippen molar-refractivity contribution >= 4 is 23.1 Å². The molecule has 2 aliphatic rings. The zero-order valence-electron chi connectivity index (χ0n) is 18.5. The standard InChI is InChI=1S/C26H30ClNO3/c1-4-30-13-14-31-22-11-12-26(16-22)18(3)24(25(29)28-26)23-15-20(6-5-17(23)2)19-7-9-21(27)10-8-19/h5-10,15,22H,4,11-14,16H2,1-3H3,(H,28,29)/t22-,26+/m1/s1. The van der Waals surface area contributed by atoms with E-state index in [1.807, 2.05) is 31.2 Å². The molecule has 1 saturated carbocycles. The fourth-order valence-corrected chi connectivity index (χ4v) is 4.96. The number of ether oxygens (including phenoxy) is 2. The van der Waals surface area contributed by atoms with Gasteiger partial charge >= 0.3 is 0 Å². The minimum Gasteiger partial charge on any atom is -0.379 e. The second-order valence-electron chi connectivity index (χ2n) is 8.51. The van der Waals surface area contributed by atoms with Crippen molar-refractivity contribution in [3.8, 4) is 11.1 Å². The summed E-state index contributed by atoms with van der Waals surface area (Å²) >= 11 is 6.05. The molecular weight excluding hydrogens is 410 g/mol. The summed E-state index contributed by atoms with van der Waals surface area (Å²) < 4.78 is 11.4. The molecule has 1 spiro atoms. The van der Waals surface area contributed by atoms with Gasteiger partial charge in [0.15, 0.2) is 0 Å². The van der Waals surface area contributed by atoms with E-state index in [-0.39, 0.29) is 17.6 Å². The van der Waals surface area contributed by atoms with E-state index in [1.165, 1.54) is 0 Å². The minimum absolute atomic E-state index is 0.0174. The van der Waals surface area contributed by atoms with Crippen LogP contribution in [-0.2, 0) is 14.3 Å². The molecule has 5 heteroatoms. The molecule has 1 aliphatic carbocycles. The molecular formula is C26H30ClNO3. The van der Waals surface area contributed by atoms with E-state index in [0.29, 0.717) is 24.8 Å². The van der Waals surface area contributed by atoms with Crippen LogP contribution in [0.1, 0.15) is 44.2 Å². The van der Waals surface area contributed by atoms with Gasteiger partial charge in [-0.25, -0.2) is 0 Å². The summed E-state index contributed by atoms with van der Waals surface area (Å²) in [6.45, 7) is 8.06. The lowest BCUT2D eigenvalue weighted by atomic mass is 9.86. The van der Waals surface area contributed by atoms with Gasteiger partial charge in [-0.3, -0.25) is 4.79 Å². The van der Waals surface area contributed by atoms with Crippen molar-refractivity contribution in [2.45, 2.75) is 51.7 Å². The predicted octanol–water partition coefficient (Wildman–Crippen LogP) is 5.56. The van der Waals surface area contributed by atoms with Crippen LogP contribution < -0.4 is 5.32 Å². The quantitative estimate of drug-likeness (QED) is 0.574. The Morgan fingerprint density at radius 1 is 1.10 bits per heavy atom. The maximum Gasteiger partial charge on any atom is 0.252 e. The Morgan fingerprint density at radius 2 is 1.84 bits per heavy atom. The number of hydrogen-bond acceptors (Lipinski definition) is 3. The van der Waals surface area contributed by atoms with Crippen molar-refractivity contribution in [2.24, 2.45) is 0 Å². The van der Waals surface area contributed by atoms with E-state index in [2.05, 4.69) is 37.4 Å². The van der Waals surface area contributed by atoms with E-state index in [0.717, 1.165) is 52.7 Å². The minimum atomic E-state index is -0.300. The molecule has 0 aromatic heterocycles. The number of amides is 1. The van der Waals surface area contributed by atoms with Crippen molar-refractivity contribution in [1.82, 2.24) is 5.32 Å². The summed E-state index contributed by atoms with van der Waals surface area (Å²) in [4.78, 5) is 13.1. The van der Waals surface area contributed by atoms with E-state index in [4.69, 9.17) is 21.1 Å². The molecule has 1 fully saturated rings. The van der Waals surface area contributed by atoms with Crippen LogP contribution in [0.4, 0.5) is 0 Å². The molecule has 1 amide bonds. The van der Waals surface area contributed by atoms with Crippen LogP contribution in [0.2, 0.25) is 5.02 Å². The summed E-state index contributed by atoms with van der Waals surface area (Å²) in [6.07, 6.45) is 2.82. The smallest absolute Gasteiger partial charge is 0.252 e. The average Bonchev–Trinajstić information content (AvgIpc) is 3.27. The first-order chi connectivity index (χ1) is 14.9. The lowest BCUT2D eigenvalue weighted by Crippen LogP contribution is -2.42. The molecule has 2 aromatic rings. The third-order valence-electron chi connectivity index (χ3n) is 6.61. The number of carbonyl (C=O) groups is 1. The molecule has 1 N–H and O–H groups in total. The Bertz CT molecular complexity index is 998. The van der Waals surface area contributed by atoms with Gasteiger partial charge in [0.1, 0.15) is 0 Å². The first-order valence-electron chi connectivity index (χ1n) is 11.0. The Balaban J connectivity index is 1.60. The van der Waals surface area contributed by atoms with Gasteiger partial charge in [0.2, 0.25) is 0 Å². The van der Waals surface area contributed by atoms with Crippen LogP contribution in [-0.4, -0.2) is 37.4 Å². The number of aryl methyl sites for hydroxylation is 1. The highest BCUT2D eigenvalue weighted by atomic mass is 35.5. The summed E-state index contributed by atoms with van der Waals surface area (Å²) in [5.74, 6) is 0.0174. The Hall–Kier alpha value is -2.14. The zero-order chi connectivity index (χ0) is 22.0. The molecule has 4 nitrogen and oxygen atoms in total. The van der Waals surface area contributed by atoms with Gasteiger partial charge in [0.25, 0.3) is 5.91 Å². The Kier molecular flexibility index (Phi) is 6.52. The highest BCUT2D eigenvalue weighted by Gasteiger charge is 2.48. The zero-order valence-corrected chi connectivity index (χ0v) is 19.2. The summed E-state index contributed by atoms with van der Waals surface area (Å²) in [5.41, 5.74) is 5.90. The van der Waals surface area contributed by atoms with E-state index in [1.54, 1.807) is 0 Å². The lowest BCUT2D eigenvalue weighted by molar-refractivity contribution is -0.116. The van der Waals surface area contributed by atoms with Crippen molar-refractivity contribution in [1.29, 1.82) is 0 Å². The maximum atomic E-state index is 13.1. The molecule has 4 rings (SSSR count). The normalized spacial score (nSPS) is 23.1. The lowest BCUT2D eigenvalue weighted by Gasteiger charge is -2.26. The third-order valence-corrected chi connectivity index (χ3v) is 6.86. The van der Waals surface area contributed by atoms with Crippen LogP contribution in [0, 0.1) is 6.92 Å². The van der Waals surface area contributed by atoms with Gasteiger partial charge in [0.05, 0.1) is 24.9 Å². The fraction of sp³-hybridized carbons (Fsp3) is 0.423. The van der Waals surface area contributed by atoms with Gasteiger partial charge in [0, 0.05) is 23.6 Å². The molecule has 1 heterocycles. The van der Waals surface area contributed by atoms with E-state index >= 15 is 0 Å². The van der Waals surface area contributed by atoms with Crippen LogP contribution in [0.15, 0.2) is 48.0 Å². The van der Waals surface area contributed by atoms with Crippen LogP contribution in [0.3, 0.4) is 0 Å². The van der Waals surface area contributed by atoms with Gasteiger partial charge in [-0.15, -0.1) is 0 Å². The van der Waals surface area contributed by atoms with Gasteiger partial charge in [-0.1, -0.05) is 35.9 Å². The van der Waals surface area contributed by atoms with Gasteiger partial charge in [-0.05, 0) is 79.6 Å². The molecule has 1 aliphatic heterocycles. The topological polar surface area (TPSA) is 47.6 Å². The first-order valence-corrected chi connectivity index (χ1v) is 11.4. The van der Waals surface area contributed by atoms with Crippen molar-refractivity contribution in [3.63, 3.8) is 0 Å². The van der Waals surface area contributed by atoms with Crippen LogP contribution in [0.5, 0.6) is 0 Å². The van der Waals surface area contributed by atoms with E-state index in [9.17, 15) is 4.79 Å². The van der Waals surface area contributed by atoms with Crippen molar-refractivity contribution in [2.75, 3.05) is 19.8 Å². The summed E-state index contributed by atoms with van der Waals surface area (Å²) in [6, 6.07) is 14.1. The highest BCUT2D eigenvalue weighted by molar-refractivity contribution is 6.30. The van der Waals surface area contributed by atoms with Crippen LogP contribution in [0.25, 0.3) is 16.7 Å². The largest absolute Gasteiger partial charge is 0.379 e. The number of rotatable bonds is 7. The molecule has 0 saturated heterocycles. The molecule has 2 aromatic carbocycles. The fourth-order valence-electron chi connectivity index (χ4n) is 4.84. The molecule has 2 atom stereocenters. The molecule has 164 valence electrons. The van der Waals surface area contributed by atoms with Gasteiger partial charge < -0.3 is 14.8 Å². The number of carbonyl (C=O) groups excluding carboxylic acids is 1. The summed E-state index contributed by atoms with van der Waals surface area (Å²) in [7, 11) is 0. The SMILES string of the molecule is CCOCCO[C@@H]1CC[C@@]2(C1)NC(=O)C(c1cc(-c3ccc(Cl)cc3)ccc1C)=C2C.